The van der Waals surface area contributed by atoms with Crippen LogP contribution in [-0.2, 0) is 6.54 Å². The molecular weight excluding hydrogens is 254 g/mol. The van der Waals surface area contributed by atoms with Crippen LogP contribution in [0.2, 0.25) is 0 Å². The van der Waals surface area contributed by atoms with Gasteiger partial charge in [-0.2, -0.15) is 0 Å². The van der Waals surface area contributed by atoms with Crippen molar-refractivity contribution in [3.63, 3.8) is 0 Å². The second-order valence-electron chi connectivity index (χ2n) is 6.76. The summed E-state index contributed by atoms with van der Waals surface area (Å²) in [7, 11) is 0. The minimum Gasteiger partial charge on any atom is -0.310 e. The van der Waals surface area contributed by atoms with Gasteiger partial charge in [0.15, 0.2) is 0 Å². The number of aryl methyl sites for hydroxylation is 1. The average molecular weight is 287 g/mol. The topological polar surface area (TPSA) is 12.0 Å². The average Bonchev–Trinajstić information content (AvgIpc) is 2.48. The van der Waals surface area contributed by atoms with E-state index >= 15 is 0 Å². The van der Waals surface area contributed by atoms with Gasteiger partial charge in [0.25, 0.3) is 0 Å². The van der Waals surface area contributed by atoms with Gasteiger partial charge >= 0.3 is 0 Å². The summed E-state index contributed by atoms with van der Waals surface area (Å²) in [5.74, 6) is 0. The van der Waals surface area contributed by atoms with Gasteiger partial charge in [-0.05, 0) is 30.9 Å². The molecular formula is C20H33N. The lowest BCUT2D eigenvalue weighted by atomic mass is 9.97. The molecule has 1 aliphatic carbocycles. The van der Waals surface area contributed by atoms with Crippen LogP contribution in [0.15, 0.2) is 24.3 Å². The van der Waals surface area contributed by atoms with Crippen LogP contribution in [0.4, 0.5) is 0 Å². The fourth-order valence-corrected chi connectivity index (χ4v) is 3.43. The van der Waals surface area contributed by atoms with E-state index in [1.54, 1.807) is 0 Å². The van der Waals surface area contributed by atoms with Gasteiger partial charge in [0, 0.05) is 12.6 Å². The van der Waals surface area contributed by atoms with Gasteiger partial charge in [-0.1, -0.05) is 82.1 Å². The summed E-state index contributed by atoms with van der Waals surface area (Å²) in [6.45, 7) is 3.26. The summed E-state index contributed by atoms with van der Waals surface area (Å²) in [5, 5.41) is 3.83. The Balaban J connectivity index is 1.79. The largest absolute Gasteiger partial charge is 0.310 e. The van der Waals surface area contributed by atoms with Gasteiger partial charge in [0.05, 0.1) is 0 Å². The maximum Gasteiger partial charge on any atom is 0.0210 e. The highest BCUT2D eigenvalue weighted by Gasteiger charge is 2.09. The van der Waals surface area contributed by atoms with E-state index in [9.17, 15) is 0 Å². The summed E-state index contributed by atoms with van der Waals surface area (Å²) >= 11 is 0. The van der Waals surface area contributed by atoms with Gasteiger partial charge in [0.1, 0.15) is 0 Å². The van der Waals surface area contributed by atoms with E-state index in [1.165, 1.54) is 81.8 Å². The lowest BCUT2D eigenvalue weighted by Gasteiger charge is -2.20. The van der Waals surface area contributed by atoms with Crippen LogP contribution in [0.1, 0.15) is 81.8 Å². The predicted molar refractivity (Wildman–Crippen MR) is 92.6 cm³/mol. The zero-order chi connectivity index (χ0) is 14.8. The lowest BCUT2D eigenvalue weighted by Crippen LogP contribution is -2.29. The first-order valence-corrected chi connectivity index (χ1v) is 9.14. The molecule has 1 aromatic rings. The molecule has 1 nitrogen and oxygen atoms in total. The van der Waals surface area contributed by atoms with E-state index in [4.69, 9.17) is 0 Å². The minimum atomic E-state index is 0.726. The van der Waals surface area contributed by atoms with Crippen molar-refractivity contribution in [2.75, 3.05) is 0 Å². The summed E-state index contributed by atoms with van der Waals surface area (Å²) in [5.41, 5.74) is 2.88. The Morgan fingerprint density at radius 3 is 1.90 bits per heavy atom. The maximum absolute atomic E-state index is 3.83. The van der Waals surface area contributed by atoms with Gasteiger partial charge < -0.3 is 5.32 Å². The van der Waals surface area contributed by atoms with Crippen molar-refractivity contribution >= 4 is 0 Å². The van der Waals surface area contributed by atoms with Gasteiger partial charge in [-0.15, -0.1) is 0 Å². The highest BCUT2D eigenvalue weighted by Crippen LogP contribution is 2.17. The number of rotatable bonds is 3. The zero-order valence-electron chi connectivity index (χ0n) is 13.9. The normalized spacial score (nSPS) is 19.7. The molecule has 1 heteroatoms. The van der Waals surface area contributed by atoms with Crippen LogP contribution in [0, 0.1) is 6.92 Å². The summed E-state index contributed by atoms with van der Waals surface area (Å²) < 4.78 is 0. The van der Waals surface area contributed by atoms with Crippen LogP contribution < -0.4 is 5.32 Å². The fourth-order valence-electron chi connectivity index (χ4n) is 3.43. The van der Waals surface area contributed by atoms with E-state index < -0.39 is 0 Å². The van der Waals surface area contributed by atoms with E-state index in [0.29, 0.717) is 0 Å². The van der Waals surface area contributed by atoms with Crippen molar-refractivity contribution in [1.29, 1.82) is 0 Å². The molecule has 0 spiro atoms. The van der Waals surface area contributed by atoms with Crippen LogP contribution in [-0.4, -0.2) is 6.04 Å². The Bertz CT molecular complexity index is 373. The van der Waals surface area contributed by atoms with Crippen molar-refractivity contribution in [2.45, 2.75) is 90.1 Å². The van der Waals surface area contributed by atoms with Crippen molar-refractivity contribution in [3.05, 3.63) is 35.4 Å². The standard InChI is InChI=1S/C20H33N/c1-18-13-11-12-14-19(18)17-21-20-15-9-7-5-3-2-4-6-8-10-16-20/h11-14,20-21H,2-10,15-17H2,1H3. The predicted octanol–water partition coefficient (Wildman–Crippen LogP) is 5.76. The van der Waals surface area contributed by atoms with Crippen LogP contribution >= 0.6 is 0 Å². The SMILES string of the molecule is Cc1ccccc1CNC1CCCCCCCCCCC1. The van der Waals surface area contributed by atoms with Gasteiger partial charge in [-0.25, -0.2) is 0 Å². The molecule has 2 rings (SSSR count). The number of nitrogens with one attached hydrogen (secondary N) is 1. The molecule has 0 unspecified atom stereocenters. The second-order valence-corrected chi connectivity index (χ2v) is 6.76. The molecule has 0 aromatic heterocycles. The maximum atomic E-state index is 3.83. The molecule has 21 heavy (non-hydrogen) atoms. The Kier molecular flexibility index (Phi) is 7.88. The van der Waals surface area contributed by atoms with Crippen LogP contribution in [0.3, 0.4) is 0 Å². The van der Waals surface area contributed by atoms with Crippen LogP contribution in [0.25, 0.3) is 0 Å². The molecule has 1 aliphatic rings. The molecule has 0 amide bonds. The van der Waals surface area contributed by atoms with Crippen molar-refractivity contribution in [1.82, 2.24) is 5.32 Å². The number of hydrogen-bond donors (Lipinski definition) is 1. The molecule has 0 bridgehead atoms. The van der Waals surface area contributed by atoms with Crippen LogP contribution in [0.5, 0.6) is 0 Å². The zero-order valence-corrected chi connectivity index (χ0v) is 13.9. The lowest BCUT2D eigenvalue weighted by molar-refractivity contribution is 0.403. The fraction of sp³-hybridized carbons (Fsp3) is 0.700. The van der Waals surface area contributed by atoms with Crippen molar-refractivity contribution in [3.8, 4) is 0 Å². The smallest absolute Gasteiger partial charge is 0.0210 e. The third kappa shape index (κ3) is 6.65. The highest BCUT2D eigenvalue weighted by molar-refractivity contribution is 5.25. The minimum absolute atomic E-state index is 0.726. The molecule has 0 atom stereocenters. The Morgan fingerprint density at radius 1 is 0.810 bits per heavy atom. The van der Waals surface area contributed by atoms with Gasteiger partial charge in [0.2, 0.25) is 0 Å². The molecule has 0 aliphatic heterocycles. The molecule has 0 saturated heterocycles. The first-order valence-electron chi connectivity index (χ1n) is 9.14. The van der Waals surface area contributed by atoms with Gasteiger partial charge in [-0.3, -0.25) is 0 Å². The molecule has 0 radical (unpaired) electrons. The summed E-state index contributed by atoms with van der Waals surface area (Å²) in [6.07, 6.45) is 15.7. The Morgan fingerprint density at radius 2 is 1.33 bits per heavy atom. The second kappa shape index (κ2) is 10.00. The Hall–Kier alpha value is -0.820. The monoisotopic (exact) mass is 287 g/mol. The van der Waals surface area contributed by atoms with E-state index in [2.05, 4.69) is 36.5 Å². The molecule has 1 fully saturated rings. The van der Waals surface area contributed by atoms with Crippen molar-refractivity contribution in [2.24, 2.45) is 0 Å². The number of benzene rings is 1. The Labute approximate surface area is 131 Å². The first kappa shape index (κ1) is 16.5. The highest BCUT2D eigenvalue weighted by atomic mass is 14.9. The molecule has 118 valence electrons. The molecule has 1 aromatic carbocycles. The molecule has 1 saturated carbocycles. The van der Waals surface area contributed by atoms with E-state index in [1.807, 2.05) is 0 Å². The van der Waals surface area contributed by atoms with Crippen molar-refractivity contribution < 1.29 is 0 Å². The van der Waals surface area contributed by atoms with E-state index in [-0.39, 0.29) is 0 Å². The van der Waals surface area contributed by atoms with E-state index in [0.717, 1.165) is 12.6 Å². The quantitative estimate of drug-likeness (QED) is 0.745. The summed E-state index contributed by atoms with van der Waals surface area (Å²) in [4.78, 5) is 0. The first-order chi connectivity index (χ1) is 10.4. The summed E-state index contributed by atoms with van der Waals surface area (Å²) in [6, 6.07) is 9.50. The third-order valence-electron chi connectivity index (χ3n) is 4.95. The molecule has 1 N–H and O–H groups in total. The third-order valence-corrected chi connectivity index (χ3v) is 4.95. The molecule has 0 heterocycles. The number of hydrogen-bond acceptors (Lipinski definition) is 1.